The predicted molar refractivity (Wildman–Crippen MR) is 265 cm³/mol. The summed E-state index contributed by atoms with van der Waals surface area (Å²) >= 11 is 0.0180. The fourth-order valence-electron chi connectivity index (χ4n) is 8.80. The fourth-order valence-corrected chi connectivity index (χ4v) is 9.05. The summed E-state index contributed by atoms with van der Waals surface area (Å²) in [6.07, 6.45) is -12.3. The molecule has 30 nitrogen and oxygen atoms in total. The lowest BCUT2D eigenvalue weighted by atomic mass is 9.98. The first-order valence-electron chi connectivity index (χ1n) is 24.6. The first kappa shape index (κ1) is 64.3. The number of carbonyl (C=O) groups excluding carboxylic acids is 8. The number of hydrogen-bond donors (Lipinski definition) is 13. The van der Waals surface area contributed by atoms with Gasteiger partial charge in [-0.3, -0.25) is 28.8 Å². The van der Waals surface area contributed by atoms with E-state index in [1.807, 2.05) is 0 Å². The van der Waals surface area contributed by atoms with Crippen LogP contribution in [0.1, 0.15) is 45.6 Å². The smallest absolute Gasteiger partial charge is 0.445 e. The van der Waals surface area contributed by atoms with Crippen molar-refractivity contribution in [3.05, 3.63) is 49.1 Å². The molecule has 0 unspecified atom stereocenters. The number of aliphatic hydroxyl groups is 8. The van der Waals surface area contributed by atoms with Gasteiger partial charge in [-0.25, -0.2) is 14.8 Å². The van der Waals surface area contributed by atoms with Crippen LogP contribution in [-0.2, 0) is 54.0 Å². The molecule has 0 spiro atoms. The average Bonchev–Trinajstić information content (AvgIpc) is 4.01. The van der Waals surface area contributed by atoms with Crippen LogP contribution in [0.15, 0.2) is 43.5 Å². The number of nitrogens with one attached hydrogen (secondary N) is 4. The Morgan fingerprint density at radius 1 is 0.808 bits per heavy atom. The Hall–Kier alpha value is -6.23. The number of rotatable bonds is 20. The van der Waals surface area contributed by atoms with Gasteiger partial charge in [0.25, 0.3) is 12.3 Å². The van der Waals surface area contributed by atoms with Crippen LogP contribution >= 0.6 is 12.3 Å². The number of benzene rings is 1. The summed E-state index contributed by atoms with van der Waals surface area (Å²) < 4.78 is 24.7. The molecule has 436 valence electrons. The number of ether oxygens (including phenoxy) is 3. The number of carbonyl (C=O) groups is 8. The van der Waals surface area contributed by atoms with Crippen LogP contribution in [0.5, 0.6) is 11.5 Å². The van der Waals surface area contributed by atoms with E-state index in [4.69, 9.17) is 23.7 Å². The van der Waals surface area contributed by atoms with Gasteiger partial charge in [0.1, 0.15) is 43.4 Å². The van der Waals surface area contributed by atoms with Gasteiger partial charge in [0, 0.05) is 50.9 Å². The Balaban J connectivity index is 1.89. The minimum atomic E-state index is -2.23. The lowest BCUT2D eigenvalue weighted by Crippen LogP contribution is -2.64. The molecule has 0 aromatic heterocycles. The van der Waals surface area contributed by atoms with Gasteiger partial charge in [-0.2, -0.15) is 0 Å². The fraction of sp³-hybridized carbons (Fsp3) is 0.617. The standard InChI is InChI=1S/C47H69N7O23S/c1-6-12-72-46(69)52(27(21-55)22-56)11-10-31(60)37-45(68)54-19-24(4)39(62)38(54)43(66)48-18-28(58)14-23(3)40(63)49-35(25(5)57)44(67)53-20-29(59)17-30(53)41(64)50-36(42(65)51-37)32(61)15-26-8-9-33(74-47(70)73-13-7-2)34(16-26)75-78-77-76-71/h6-9,16,23-25,27-32,35-39,55-62,71H,1-2,10-15,17-22H2,3-5H3,(H,48,66)(H,49,63)(H,50,64)(H,51,65)/t23-,24-,25+,28+,29+,30-,31+,32+,35-,36-,37-,38-,39-/m0/s1. The first-order chi connectivity index (χ1) is 37.0. The van der Waals surface area contributed by atoms with Gasteiger partial charge in [0.15, 0.2) is 11.5 Å². The molecule has 31 heteroatoms. The van der Waals surface area contributed by atoms with Crippen molar-refractivity contribution in [2.24, 2.45) is 11.8 Å². The highest BCUT2D eigenvalue weighted by molar-refractivity contribution is 7.90. The summed E-state index contributed by atoms with van der Waals surface area (Å²) in [6, 6.07) is -7.43. The van der Waals surface area contributed by atoms with Crippen LogP contribution in [0.25, 0.3) is 0 Å². The third-order valence-corrected chi connectivity index (χ3v) is 13.3. The number of amides is 7. The highest BCUT2D eigenvalue weighted by atomic mass is 32.2. The number of β-amino-alcohol motifs (C(OH)–C–C–N with tert-alkyl or cyclic N) is 1. The molecule has 7 amide bonds. The van der Waals surface area contributed by atoms with Gasteiger partial charge in [-0.1, -0.05) is 54.6 Å². The summed E-state index contributed by atoms with van der Waals surface area (Å²) in [5.74, 6) is -9.50. The lowest BCUT2D eigenvalue weighted by molar-refractivity contribution is -0.433. The molecule has 13 N–H and O–H groups in total. The van der Waals surface area contributed by atoms with Crippen LogP contribution in [0.2, 0.25) is 0 Å². The molecular formula is C47H69N7O23S. The maximum Gasteiger partial charge on any atom is 0.514 e. The van der Waals surface area contributed by atoms with Gasteiger partial charge < -0.3 is 95.2 Å². The number of fused-ring (bicyclic) bond motifs is 2. The van der Waals surface area contributed by atoms with E-state index in [2.05, 4.69) is 43.8 Å². The second kappa shape index (κ2) is 30.8. The largest absolute Gasteiger partial charge is 0.514 e. The monoisotopic (exact) mass is 1130 g/mol. The van der Waals surface area contributed by atoms with Crippen molar-refractivity contribution in [3.8, 4) is 11.5 Å². The van der Waals surface area contributed by atoms with Crippen molar-refractivity contribution in [1.29, 1.82) is 0 Å². The van der Waals surface area contributed by atoms with Gasteiger partial charge in [0.05, 0.1) is 55.9 Å². The van der Waals surface area contributed by atoms with E-state index in [0.717, 1.165) is 33.8 Å². The van der Waals surface area contributed by atoms with Crippen LogP contribution in [0, 0.1) is 11.8 Å². The van der Waals surface area contributed by atoms with E-state index in [0.29, 0.717) is 0 Å². The maximum atomic E-state index is 15.0. The van der Waals surface area contributed by atoms with Crippen molar-refractivity contribution in [2.45, 2.75) is 119 Å². The third-order valence-electron chi connectivity index (χ3n) is 12.9. The van der Waals surface area contributed by atoms with E-state index < -0.39 is 185 Å². The average molecular weight is 1130 g/mol. The molecule has 0 saturated carbocycles. The van der Waals surface area contributed by atoms with E-state index in [1.54, 1.807) is 0 Å². The molecule has 3 aliphatic heterocycles. The maximum absolute atomic E-state index is 15.0. The van der Waals surface area contributed by atoms with E-state index in [1.165, 1.54) is 32.1 Å². The highest BCUT2D eigenvalue weighted by Gasteiger charge is 2.50. The molecule has 3 heterocycles. The zero-order valence-electron chi connectivity index (χ0n) is 42.9. The summed E-state index contributed by atoms with van der Waals surface area (Å²) in [6.45, 7) is 6.61. The molecule has 3 aliphatic rings. The van der Waals surface area contributed by atoms with Crippen molar-refractivity contribution in [3.63, 3.8) is 0 Å². The zero-order valence-corrected chi connectivity index (χ0v) is 43.7. The van der Waals surface area contributed by atoms with Crippen molar-refractivity contribution < 1.29 is 112 Å². The Morgan fingerprint density at radius 3 is 2.09 bits per heavy atom. The van der Waals surface area contributed by atoms with Crippen molar-refractivity contribution in [1.82, 2.24) is 36.0 Å². The molecule has 1 aromatic rings. The Morgan fingerprint density at radius 2 is 1.45 bits per heavy atom. The second-order valence-electron chi connectivity index (χ2n) is 18.8. The lowest BCUT2D eigenvalue weighted by Gasteiger charge is -2.35. The van der Waals surface area contributed by atoms with Gasteiger partial charge in [-0.05, 0) is 37.5 Å². The molecule has 13 atom stereocenters. The van der Waals surface area contributed by atoms with E-state index >= 15 is 0 Å². The van der Waals surface area contributed by atoms with E-state index in [9.17, 15) is 79.2 Å². The Labute approximate surface area is 451 Å². The molecule has 0 bridgehead atoms. The van der Waals surface area contributed by atoms with Gasteiger partial charge in [0.2, 0.25) is 35.4 Å². The second-order valence-corrected chi connectivity index (χ2v) is 19.2. The van der Waals surface area contributed by atoms with Gasteiger partial charge >= 0.3 is 12.2 Å². The highest BCUT2D eigenvalue weighted by Crippen LogP contribution is 2.33. The van der Waals surface area contributed by atoms with Gasteiger partial charge in [-0.15, -0.1) is 0 Å². The molecule has 3 fully saturated rings. The Kier molecular flexibility index (Phi) is 25.4. The Bertz CT molecular complexity index is 2260. The quantitative estimate of drug-likeness (QED) is 0.0112. The molecule has 0 radical (unpaired) electrons. The summed E-state index contributed by atoms with van der Waals surface area (Å²) in [4.78, 5) is 114. The minimum Gasteiger partial charge on any atom is -0.445 e. The topological polar surface area (TPSA) is 432 Å². The summed E-state index contributed by atoms with van der Waals surface area (Å²) in [5, 5.41) is 110. The normalized spacial score (nSPS) is 26.9. The van der Waals surface area contributed by atoms with Crippen LogP contribution < -0.4 is 30.2 Å². The number of hydrogen-bond acceptors (Lipinski definition) is 24. The number of nitrogens with zero attached hydrogens (tertiary/aromatic N) is 3. The third kappa shape index (κ3) is 17.4. The number of aliphatic hydroxyl groups excluding tert-OH is 8. The van der Waals surface area contributed by atoms with Crippen molar-refractivity contribution >= 4 is 60.0 Å². The van der Waals surface area contributed by atoms with Crippen LogP contribution in [-0.4, -0.2) is 234 Å². The first-order valence-corrected chi connectivity index (χ1v) is 25.2. The predicted octanol–water partition coefficient (Wildman–Crippen LogP) is -4.09. The van der Waals surface area contributed by atoms with E-state index in [-0.39, 0.29) is 55.6 Å². The molecule has 1 aromatic carbocycles. The summed E-state index contributed by atoms with van der Waals surface area (Å²) in [7, 11) is 0. The zero-order chi connectivity index (χ0) is 58.0. The van der Waals surface area contributed by atoms with Crippen LogP contribution in [0.4, 0.5) is 9.59 Å². The molecule has 78 heavy (non-hydrogen) atoms. The minimum absolute atomic E-state index is 0.0180. The molecule has 3 saturated heterocycles. The molecule has 4 rings (SSSR count). The molecular weight excluding hydrogens is 1060 g/mol. The molecule has 0 aliphatic carbocycles. The SMILES string of the molecule is C=CCOC(=O)Oc1ccc(C[C@@H](O)[C@@H]2NC(=O)[C@@H]3C[C@@H](O)CN3C(=O)[C@H]([C@@H](C)O)NC(=O)[C@@H](C)C[C@@H](O)CNC(=O)[C@@H]3[C@@H](O)[C@@H](C)CN3C(=O)[C@H]([C@H](O)CCN(C(=O)OCC=C)C(CO)CO)NC2=O)cc1OSOOO. The van der Waals surface area contributed by atoms with Crippen LogP contribution in [0.3, 0.4) is 0 Å². The summed E-state index contributed by atoms with van der Waals surface area (Å²) in [5.41, 5.74) is 0.0366. The van der Waals surface area contributed by atoms with Crippen molar-refractivity contribution in [2.75, 3.05) is 52.6 Å².